The molecular formula is C46H56Cl2Zr. The van der Waals surface area contributed by atoms with Crippen LogP contribution >= 0.6 is 17.0 Å². The van der Waals surface area contributed by atoms with E-state index in [-0.39, 0.29) is 25.7 Å². The first-order valence-electron chi connectivity index (χ1n) is 17.6. The quantitative estimate of drug-likeness (QED) is 0.194. The van der Waals surface area contributed by atoms with E-state index in [0.29, 0.717) is 53.3 Å². The van der Waals surface area contributed by atoms with Crippen molar-refractivity contribution in [1.82, 2.24) is 0 Å². The first-order chi connectivity index (χ1) is 22.7. The van der Waals surface area contributed by atoms with Gasteiger partial charge in [-0.15, -0.1) is 6.58 Å². The molecule has 0 bridgehead atoms. The van der Waals surface area contributed by atoms with Crippen LogP contribution in [0.25, 0.3) is 0 Å². The van der Waals surface area contributed by atoms with Crippen molar-refractivity contribution in [1.29, 1.82) is 0 Å². The summed E-state index contributed by atoms with van der Waals surface area (Å²) in [6, 6.07) is 23.5. The monoisotopic (exact) mass is 768 g/mol. The first-order valence-corrected chi connectivity index (χ1v) is 23.9. The van der Waals surface area contributed by atoms with E-state index in [2.05, 4.69) is 162 Å². The molecule has 0 heterocycles. The summed E-state index contributed by atoms with van der Waals surface area (Å²) in [5.41, 5.74) is 5.91. The maximum atomic E-state index is 4.93. The predicted molar refractivity (Wildman–Crippen MR) is 212 cm³/mol. The maximum absolute atomic E-state index is 4.93. The van der Waals surface area contributed by atoms with Gasteiger partial charge >= 0.3 is 37.9 Å². The van der Waals surface area contributed by atoms with Crippen molar-refractivity contribution in [2.24, 2.45) is 58.7 Å². The van der Waals surface area contributed by atoms with Crippen LogP contribution in [0.15, 0.2) is 145 Å². The molecule has 0 saturated heterocycles. The van der Waals surface area contributed by atoms with E-state index in [0.717, 1.165) is 6.42 Å². The average molecular weight is 771 g/mol. The Balaban J connectivity index is 0.00000104. The van der Waals surface area contributed by atoms with Crippen LogP contribution in [0.2, 0.25) is 0 Å². The molecule has 9 atom stereocenters. The van der Waals surface area contributed by atoms with Crippen molar-refractivity contribution in [3.05, 3.63) is 171 Å². The van der Waals surface area contributed by atoms with Crippen LogP contribution < -0.4 is 0 Å². The van der Waals surface area contributed by atoms with Gasteiger partial charge in [0.1, 0.15) is 0 Å². The minimum absolute atomic E-state index is 0. The number of fused-ring (bicyclic) bond motifs is 4. The standard InChI is InChI=1S/C44H50.2CH3.2ClH.Zr/c1-6-7-16-31-28-41(38-22-15-14-21-35(31)38)44(32-17-10-8-11-18-32,33-19-12-9-13-20-33)42-39-27-30(2)23-25-36(39)37-26-24-34(29-40(37)42)43(3,4)5;;;;;/h6,8-15,17-27,29,31,35-42H,1,7,16,28H2,2-5H3;2*1H3;2*1H;/q;2*-1;;;+4/p-2. The Labute approximate surface area is 317 Å². The van der Waals surface area contributed by atoms with E-state index in [9.17, 15) is 0 Å². The van der Waals surface area contributed by atoms with Crippen LogP contribution in [0.3, 0.4) is 0 Å². The van der Waals surface area contributed by atoms with E-state index < -0.39 is 20.8 Å². The van der Waals surface area contributed by atoms with Gasteiger partial charge in [-0.3, -0.25) is 0 Å². The normalized spacial score (nSPS) is 30.5. The third-order valence-corrected chi connectivity index (χ3v) is 12.1. The number of hydrogen-bond donors (Lipinski definition) is 0. The molecule has 9 unspecified atom stereocenters. The summed E-state index contributed by atoms with van der Waals surface area (Å²) in [7, 11) is 9.87. The predicted octanol–water partition coefficient (Wildman–Crippen LogP) is 13.4. The van der Waals surface area contributed by atoms with Crippen molar-refractivity contribution in [2.75, 3.05) is 0 Å². The number of halogens is 2. The zero-order chi connectivity index (χ0) is 33.2. The molecule has 0 aliphatic heterocycles. The molecule has 0 amide bonds. The van der Waals surface area contributed by atoms with Gasteiger partial charge in [0.25, 0.3) is 0 Å². The fourth-order valence-electron chi connectivity index (χ4n) is 10.3. The van der Waals surface area contributed by atoms with Crippen LogP contribution in [0.5, 0.6) is 0 Å². The Morgan fingerprint density at radius 3 is 1.82 bits per heavy atom. The molecule has 5 aliphatic carbocycles. The molecule has 0 spiro atoms. The molecule has 2 saturated carbocycles. The molecule has 7 rings (SSSR count). The number of rotatable bonds is 7. The van der Waals surface area contributed by atoms with Crippen LogP contribution in [0.4, 0.5) is 0 Å². The van der Waals surface area contributed by atoms with Gasteiger partial charge in [0, 0.05) is 5.41 Å². The third kappa shape index (κ3) is 7.53. The van der Waals surface area contributed by atoms with Gasteiger partial charge in [0.15, 0.2) is 0 Å². The second-order valence-corrected chi connectivity index (χ2v) is 19.1. The Morgan fingerprint density at radius 2 is 1.27 bits per heavy atom. The third-order valence-electron chi connectivity index (χ3n) is 12.1. The van der Waals surface area contributed by atoms with Crippen LogP contribution in [-0.4, -0.2) is 0 Å². The summed E-state index contributed by atoms with van der Waals surface area (Å²) < 4.78 is 0. The summed E-state index contributed by atoms with van der Waals surface area (Å²) in [6.07, 6.45) is 31.0. The van der Waals surface area contributed by atoms with E-state index in [4.69, 9.17) is 17.0 Å². The fourth-order valence-corrected chi connectivity index (χ4v) is 10.3. The Bertz CT molecular complexity index is 1530. The van der Waals surface area contributed by atoms with Gasteiger partial charge in [0.05, 0.1) is 0 Å². The van der Waals surface area contributed by atoms with Crippen LogP contribution in [-0.2, 0) is 26.3 Å². The van der Waals surface area contributed by atoms with Crippen molar-refractivity contribution in [3.63, 3.8) is 0 Å². The second-order valence-electron chi connectivity index (χ2n) is 15.4. The summed E-state index contributed by atoms with van der Waals surface area (Å²) in [5.74, 6) is 4.67. The van der Waals surface area contributed by atoms with Gasteiger partial charge in [0.2, 0.25) is 0 Å². The minimum atomic E-state index is -0.826. The number of hydrogen-bond acceptors (Lipinski definition) is 0. The summed E-state index contributed by atoms with van der Waals surface area (Å²) >= 11 is -0.826. The van der Waals surface area contributed by atoms with Gasteiger partial charge < -0.3 is 14.9 Å². The number of allylic oxidation sites excluding steroid dienone is 13. The summed E-state index contributed by atoms with van der Waals surface area (Å²) in [6.45, 7) is 13.6. The van der Waals surface area contributed by atoms with Gasteiger partial charge in [-0.2, -0.15) is 0 Å². The zero-order valence-corrected chi connectivity index (χ0v) is 34.4. The molecule has 2 aromatic carbocycles. The zero-order valence-electron chi connectivity index (χ0n) is 30.4. The van der Waals surface area contributed by atoms with Crippen LogP contribution in [0, 0.1) is 73.5 Å². The first kappa shape index (κ1) is 39.9. The SMILES string of the molecule is C=CCCC1CC(C(c2ccccc2)(c2ccccc2)C2C3C=C(C)C=CC3C3C=CC(C(C)(C)C)=CC32)C2C=CC=CC12.[CH3-].[CH3-].[Cl][Zr+2][Cl]. The Kier molecular flexibility index (Phi) is 13.9. The van der Waals surface area contributed by atoms with Crippen molar-refractivity contribution < 1.29 is 20.8 Å². The Hall–Kier alpha value is -1.92. The van der Waals surface area contributed by atoms with Crippen LogP contribution in [0.1, 0.15) is 58.1 Å². The van der Waals surface area contributed by atoms with E-state index in [1.807, 2.05) is 0 Å². The van der Waals surface area contributed by atoms with Crippen molar-refractivity contribution in [2.45, 2.75) is 52.4 Å². The van der Waals surface area contributed by atoms with Crippen molar-refractivity contribution in [3.8, 4) is 0 Å². The topological polar surface area (TPSA) is 0 Å². The summed E-state index contributed by atoms with van der Waals surface area (Å²) in [4.78, 5) is 0. The van der Waals surface area contributed by atoms with E-state index >= 15 is 0 Å². The summed E-state index contributed by atoms with van der Waals surface area (Å²) in [5, 5.41) is 0. The molecule has 0 radical (unpaired) electrons. The second kappa shape index (κ2) is 17.1. The van der Waals surface area contributed by atoms with Gasteiger partial charge in [-0.05, 0) is 102 Å². The molecule has 2 aromatic rings. The molecular weight excluding hydrogens is 715 g/mol. The molecule has 49 heavy (non-hydrogen) atoms. The Morgan fingerprint density at radius 1 is 0.735 bits per heavy atom. The molecule has 0 N–H and O–H groups in total. The molecule has 2 fully saturated rings. The molecule has 258 valence electrons. The van der Waals surface area contributed by atoms with Crippen molar-refractivity contribution >= 4 is 17.0 Å². The molecule has 5 aliphatic rings. The molecule has 0 aromatic heterocycles. The van der Waals surface area contributed by atoms with E-state index in [1.165, 1.54) is 35.1 Å². The van der Waals surface area contributed by atoms with Gasteiger partial charge in [-0.25, -0.2) is 0 Å². The molecule has 3 heteroatoms. The van der Waals surface area contributed by atoms with E-state index in [1.54, 1.807) is 0 Å². The van der Waals surface area contributed by atoms with Gasteiger partial charge in [-0.1, -0.05) is 154 Å². The fraction of sp³-hybridized carbons (Fsp3) is 0.391. The molecule has 0 nitrogen and oxygen atoms in total. The average Bonchev–Trinajstić information content (AvgIpc) is 3.61. The number of benzene rings is 2.